The largest absolute Gasteiger partial charge is 0.495 e. The summed E-state index contributed by atoms with van der Waals surface area (Å²) in [5.41, 5.74) is 0.643. The van der Waals surface area contributed by atoms with Crippen LogP contribution >= 0.6 is 11.9 Å². The number of methoxy groups -OCH3 is 3. The Bertz CT molecular complexity index is 1210. The number of hydrogen-bond acceptors (Lipinski definition) is 9. The van der Waals surface area contributed by atoms with Gasteiger partial charge in [0.05, 0.1) is 32.4 Å². The molecule has 3 N–H and O–H groups in total. The van der Waals surface area contributed by atoms with E-state index in [0.29, 0.717) is 39.7 Å². The number of rotatable bonds is 9. The SMILES string of the molecule is COc1cc2c(NSc3c(OC)cccc3OC)noc2cc1Nc1cc(C(F)F)[nH]n1. The molecule has 32 heavy (non-hydrogen) atoms. The van der Waals surface area contributed by atoms with Crippen LogP contribution in [0.2, 0.25) is 0 Å². The third kappa shape index (κ3) is 4.21. The standard InChI is InChI=1S/C20H19F2N5O4S/c1-28-13-5-4-6-14(29-2)18(13)32-27-20-10-7-16(30-3)11(8-15(10)31-26-20)23-17-9-12(19(21)22)24-25-17/h4-9,19H,1-3H3,(H,26,27)(H2,23,24,25). The Kier molecular flexibility index (Phi) is 6.21. The van der Waals surface area contributed by atoms with Crippen molar-refractivity contribution in [3.8, 4) is 17.2 Å². The van der Waals surface area contributed by atoms with Crippen LogP contribution in [0.15, 0.2) is 45.8 Å². The van der Waals surface area contributed by atoms with Crippen LogP contribution in [0.4, 0.5) is 26.1 Å². The first-order valence-corrected chi connectivity index (χ1v) is 10.1. The molecular formula is C20H19F2N5O4S. The quantitative estimate of drug-likeness (QED) is 0.282. The predicted molar refractivity (Wildman–Crippen MR) is 116 cm³/mol. The van der Waals surface area contributed by atoms with E-state index in [-0.39, 0.29) is 11.5 Å². The molecule has 4 rings (SSSR count). The van der Waals surface area contributed by atoms with E-state index >= 15 is 0 Å². The molecule has 2 aromatic carbocycles. The average Bonchev–Trinajstić information content (AvgIpc) is 3.43. The van der Waals surface area contributed by atoms with E-state index in [1.165, 1.54) is 25.1 Å². The Morgan fingerprint density at radius 1 is 1.03 bits per heavy atom. The molecule has 0 amide bonds. The van der Waals surface area contributed by atoms with Gasteiger partial charge >= 0.3 is 0 Å². The summed E-state index contributed by atoms with van der Waals surface area (Å²) in [4.78, 5) is 0.743. The minimum atomic E-state index is -2.65. The average molecular weight is 463 g/mol. The molecule has 0 saturated heterocycles. The van der Waals surface area contributed by atoms with Crippen LogP contribution in [0.1, 0.15) is 12.1 Å². The van der Waals surface area contributed by atoms with Gasteiger partial charge in [0.15, 0.2) is 17.2 Å². The van der Waals surface area contributed by atoms with Crippen molar-refractivity contribution < 1.29 is 27.5 Å². The Labute approximate surface area is 185 Å². The van der Waals surface area contributed by atoms with Crippen molar-refractivity contribution in [1.29, 1.82) is 0 Å². The number of halogens is 2. The first-order chi connectivity index (χ1) is 15.5. The molecule has 0 fully saturated rings. The Balaban J connectivity index is 1.60. The van der Waals surface area contributed by atoms with Gasteiger partial charge in [-0.15, -0.1) is 0 Å². The van der Waals surface area contributed by atoms with E-state index in [4.69, 9.17) is 18.7 Å². The van der Waals surface area contributed by atoms with Crippen molar-refractivity contribution in [1.82, 2.24) is 15.4 Å². The van der Waals surface area contributed by atoms with Gasteiger partial charge in [-0.3, -0.25) is 5.10 Å². The lowest BCUT2D eigenvalue weighted by molar-refractivity contribution is 0.146. The maximum atomic E-state index is 12.8. The second-order valence-electron chi connectivity index (χ2n) is 6.41. The summed E-state index contributed by atoms with van der Waals surface area (Å²) in [6, 6.07) is 10.1. The van der Waals surface area contributed by atoms with Crippen LogP contribution in [0.25, 0.3) is 11.0 Å². The Morgan fingerprint density at radius 3 is 2.38 bits per heavy atom. The van der Waals surface area contributed by atoms with Gasteiger partial charge in [0.2, 0.25) is 0 Å². The van der Waals surface area contributed by atoms with E-state index < -0.39 is 6.43 Å². The van der Waals surface area contributed by atoms with Gasteiger partial charge in [-0.05, 0) is 30.1 Å². The van der Waals surface area contributed by atoms with Gasteiger partial charge in [-0.1, -0.05) is 11.2 Å². The van der Waals surface area contributed by atoms with Gasteiger partial charge < -0.3 is 28.8 Å². The Morgan fingerprint density at radius 2 is 1.75 bits per heavy atom. The summed E-state index contributed by atoms with van der Waals surface area (Å²) in [5.74, 6) is 2.41. The van der Waals surface area contributed by atoms with Crippen LogP contribution < -0.4 is 24.2 Å². The number of aromatic nitrogens is 3. The molecule has 4 aromatic rings. The number of aromatic amines is 1. The number of H-pyrrole nitrogens is 1. The first-order valence-electron chi connectivity index (χ1n) is 9.25. The second-order valence-corrected chi connectivity index (χ2v) is 7.23. The van der Waals surface area contributed by atoms with Gasteiger partial charge in [0.25, 0.3) is 6.43 Å². The Hall–Kier alpha value is -3.67. The van der Waals surface area contributed by atoms with Crippen molar-refractivity contribution in [3.63, 3.8) is 0 Å². The third-order valence-electron chi connectivity index (χ3n) is 4.52. The fourth-order valence-corrected chi connectivity index (χ4v) is 3.82. The smallest absolute Gasteiger partial charge is 0.279 e. The van der Waals surface area contributed by atoms with Crippen LogP contribution in [0.5, 0.6) is 17.2 Å². The molecule has 0 aliphatic carbocycles. The number of nitrogens with zero attached hydrogens (tertiary/aromatic N) is 2. The summed E-state index contributed by atoms with van der Waals surface area (Å²) < 4.78 is 50.4. The van der Waals surface area contributed by atoms with Crippen LogP contribution in [-0.2, 0) is 0 Å². The number of nitrogens with one attached hydrogen (secondary N) is 3. The minimum Gasteiger partial charge on any atom is -0.495 e. The van der Waals surface area contributed by atoms with Crippen molar-refractivity contribution in [2.45, 2.75) is 11.3 Å². The second kappa shape index (κ2) is 9.22. The molecule has 2 heterocycles. The molecule has 0 aliphatic heterocycles. The van der Waals surface area contributed by atoms with Gasteiger partial charge in [0, 0.05) is 12.1 Å². The molecule has 0 spiro atoms. The van der Waals surface area contributed by atoms with E-state index in [2.05, 4.69) is 25.4 Å². The molecular weight excluding hydrogens is 444 g/mol. The highest BCUT2D eigenvalue weighted by Gasteiger charge is 2.18. The van der Waals surface area contributed by atoms with Crippen molar-refractivity contribution >= 4 is 40.2 Å². The highest BCUT2D eigenvalue weighted by molar-refractivity contribution is 8.00. The van der Waals surface area contributed by atoms with Crippen LogP contribution in [0.3, 0.4) is 0 Å². The molecule has 0 radical (unpaired) electrons. The van der Waals surface area contributed by atoms with Crippen LogP contribution in [0, 0.1) is 0 Å². The number of hydrogen-bond donors (Lipinski definition) is 3. The minimum absolute atomic E-state index is 0.217. The molecule has 0 unspecified atom stereocenters. The molecule has 0 bridgehead atoms. The van der Waals surface area contributed by atoms with Gasteiger partial charge in [0.1, 0.15) is 27.8 Å². The lowest BCUT2D eigenvalue weighted by atomic mass is 10.2. The molecule has 9 nitrogen and oxygen atoms in total. The topological polar surface area (TPSA) is 106 Å². The zero-order chi connectivity index (χ0) is 22.7. The van der Waals surface area contributed by atoms with Gasteiger partial charge in [-0.2, -0.15) is 5.10 Å². The normalized spacial score (nSPS) is 11.1. The van der Waals surface area contributed by atoms with Crippen molar-refractivity contribution in [3.05, 3.63) is 42.1 Å². The lowest BCUT2D eigenvalue weighted by Gasteiger charge is -2.12. The number of benzene rings is 2. The number of anilines is 3. The summed E-state index contributed by atoms with van der Waals surface area (Å²) in [7, 11) is 4.65. The summed E-state index contributed by atoms with van der Waals surface area (Å²) >= 11 is 1.26. The highest BCUT2D eigenvalue weighted by atomic mass is 32.2. The van der Waals surface area contributed by atoms with Crippen LogP contribution in [-0.4, -0.2) is 36.7 Å². The summed E-state index contributed by atoms with van der Waals surface area (Å²) in [6.07, 6.45) is -2.65. The molecule has 0 atom stereocenters. The first kappa shape index (κ1) is 21.6. The monoisotopic (exact) mass is 463 g/mol. The number of ether oxygens (including phenoxy) is 3. The van der Waals surface area contributed by atoms with E-state index in [9.17, 15) is 8.78 Å². The number of alkyl halides is 2. The maximum Gasteiger partial charge on any atom is 0.279 e. The van der Waals surface area contributed by atoms with E-state index in [0.717, 1.165) is 4.90 Å². The maximum absolute atomic E-state index is 12.8. The fraction of sp³-hybridized carbons (Fsp3) is 0.200. The molecule has 2 aromatic heterocycles. The molecule has 0 saturated carbocycles. The lowest BCUT2D eigenvalue weighted by Crippen LogP contribution is -1.96. The van der Waals surface area contributed by atoms with Gasteiger partial charge in [-0.25, -0.2) is 8.78 Å². The molecule has 12 heteroatoms. The zero-order valence-corrected chi connectivity index (χ0v) is 18.0. The zero-order valence-electron chi connectivity index (χ0n) is 17.2. The predicted octanol–water partition coefficient (Wildman–Crippen LogP) is 5.38. The fourth-order valence-electron chi connectivity index (χ4n) is 2.97. The summed E-state index contributed by atoms with van der Waals surface area (Å²) in [5, 5.41) is 13.8. The van der Waals surface area contributed by atoms with E-state index in [1.807, 2.05) is 18.2 Å². The van der Waals surface area contributed by atoms with E-state index in [1.54, 1.807) is 26.4 Å². The van der Waals surface area contributed by atoms with Crippen molar-refractivity contribution in [2.24, 2.45) is 0 Å². The van der Waals surface area contributed by atoms with Crippen molar-refractivity contribution in [2.75, 3.05) is 31.4 Å². The summed E-state index contributed by atoms with van der Waals surface area (Å²) in [6.45, 7) is 0. The number of fused-ring (bicyclic) bond motifs is 1. The molecule has 168 valence electrons. The highest BCUT2D eigenvalue weighted by Crippen LogP contribution is 2.40. The third-order valence-corrected chi connectivity index (χ3v) is 5.42. The molecule has 0 aliphatic rings.